The summed E-state index contributed by atoms with van der Waals surface area (Å²) >= 11 is 6.25. The average Bonchev–Trinajstić information content (AvgIpc) is 2.74. The first-order valence-corrected chi connectivity index (χ1v) is 10.5. The molecule has 0 spiro atoms. The molecule has 1 saturated heterocycles. The Balaban J connectivity index is 1.49. The fourth-order valence-electron chi connectivity index (χ4n) is 3.65. The summed E-state index contributed by atoms with van der Waals surface area (Å²) in [6.07, 6.45) is -0.623. The number of β-amino-alcohol motifs (C(OH)–C–C–N with tert-alkyl or cyclic N) is 1. The van der Waals surface area contributed by atoms with Crippen LogP contribution in [-0.4, -0.2) is 68.3 Å². The number of carbonyl (C=O) groups is 1. The topological polar surface area (TPSA) is 62.2 Å². The van der Waals surface area contributed by atoms with E-state index < -0.39 is 6.10 Å². The maximum absolute atomic E-state index is 11.5. The Kier molecular flexibility index (Phi) is 7.58. The number of ketones is 1. The van der Waals surface area contributed by atoms with Crippen molar-refractivity contribution in [3.8, 4) is 11.5 Å². The number of ether oxygens (including phenoxy) is 2. The van der Waals surface area contributed by atoms with Gasteiger partial charge in [-0.25, -0.2) is 0 Å². The van der Waals surface area contributed by atoms with Crippen molar-refractivity contribution in [1.82, 2.24) is 4.90 Å². The first-order valence-electron chi connectivity index (χ1n) is 10.1. The number of hydrogen-bond acceptors (Lipinski definition) is 6. The van der Waals surface area contributed by atoms with Crippen LogP contribution in [-0.2, 0) is 0 Å². The summed E-state index contributed by atoms with van der Waals surface area (Å²) in [6, 6.07) is 11.1. The molecule has 0 radical (unpaired) electrons. The molecule has 1 atom stereocenters. The molecular formula is C23H29ClN2O4. The molecule has 0 amide bonds. The number of anilines is 1. The van der Waals surface area contributed by atoms with Crippen molar-refractivity contribution in [2.75, 3.05) is 51.3 Å². The molecule has 0 bridgehead atoms. The van der Waals surface area contributed by atoms with E-state index in [-0.39, 0.29) is 12.4 Å². The van der Waals surface area contributed by atoms with Crippen molar-refractivity contribution in [3.63, 3.8) is 0 Å². The van der Waals surface area contributed by atoms with Crippen molar-refractivity contribution in [2.45, 2.75) is 20.0 Å². The number of nitrogens with zero attached hydrogens (tertiary/aromatic N) is 2. The van der Waals surface area contributed by atoms with Gasteiger partial charge < -0.3 is 19.5 Å². The zero-order valence-corrected chi connectivity index (χ0v) is 18.5. The smallest absolute Gasteiger partial charge is 0.161 e. The summed E-state index contributed by atoms with van der Waals surface area (Å²) in [6.45, 7) is 7.73. The minimum Gasteiger partial charge on any atom is -0.493 e. The molecular weight excluding hydrogens is 404 g/mol. The van der Waals surface area contributed by atoms with Gasteiger partial charge in [-0.1, -0.05) is 17.7 Å². The summed E-state index contributed by atoms with van der Waals surface area (Å²) in [5, 5.41) is 11.2. The molecule has 0 aliphatic carbocycles. The SMILES string of the molecule is COc1cc(C(C)=O)ccc1OC[C@H](O)CN1CCN(c2cccc(Cl)c2C)CC1. The second-order valence-electron chi connectivity index (χ2n) is 7.56. The molecule has 2 aromatic carbocycles. The summed E-state index contributed by atoms with van der Waals surface area (Å²) in [5.41, 5.74) is 2.84. The number of piperazine rings is 1. The van der Waals surface area contributed by atoms with Crippen LogP contribution in [0, 0.1) is 6.92 Å². The highest BCUT2D eigenvalue weighted by atomic mass is 35.5. The highest BCUT2D eigenvalue weighted by molar-refractivity contribution is 6.31. The number of methoxy groups -OCH3 is 1. The van der Waals surface area contributed by atoms with Crippen LogP contribution in [0.25, 0.3) is 0 Å². The second-order valence-corrected chi connectivity index (χ2v) is 7.97. The standard InChI is InChI=1S/C23H29ClN2O4/c1-16-20(24)5-4-6-21(16)26-11-9-25(10-12-26)14-19(28)15-30-22-8-7-18(17(2)27)13-23(22)29-3/h4-8,13,19,28H,9-12,14-15H2,1-3H3/t19-/m1/s1. The Hall–Kier alpha value is -2.28. The van der Waals surface area contributed by atoms with Crippen LogP contribution in [0.1, 0.15) is 22.8 Å². The van der Waals surface area contributed by atoms with E-state index in [1.54, 1.807) is 18.2 Å². The van der Waals surface area contributed by atoms with Gasteiger partial charge in [-0.3, -0.25) is 9.69 Å². The minimum atomic E-state index is -0.623. The van der Waals surface area contributed by atoms with E-state index in [0.29, 0.717) is 23.6 Å². The van der Waals surface area contributed by atoms with E-state index in [4.69, 9.17) is 21.1 Å². The molecule has 0 unspecified atom stereocenters. The Labute approximate surface area is 183 Å². The van der Waals surface area contributed by atoms with Crippen molar-refractivity contribution in [2.24, 2.45) is 0 Å². The van der Waals surface area contributed by atoms with E-state index in [0.717, 1.165) is 36.8 Å². The maximum Gasteiger partial charge on any atom is 0.161 e. The molecule has 30 heavy (non-hydrogen) atoms. The third-order valence-corrected chi connectivity index (χ3v) is 5.83. The van der Waals surface area contributed by atoms with Crippen LogP contribution < -0.4 is 14.4 Å². The van der Waals surface area contributed by atoms with Crippen molar-refractivity contribution in [3.05, 3.63) is 52.5 Å². The molecule has 0 saturated carbocycles. The third-order valence-electron chi connectivity index (χ3n) is 5.42. The highest BCUT2D eigenvalue weighted by Gasteiger charge is 2.21. The fourth-order valence-corrected chi connectivity index (χ4v) is 3.82. The predicted octanol–water partition coefficient (Wildman–Crippen LogP) is 3.42. The van der Waals surface area contributed by atoms with Gasteiger partial charge >= 0.3 is 0 Å². The lowest BCUT2D eigenvalue weighted by atomic mass is 10.1. The van der Waals surface area contributed by atoms with Crippen LogP contribution in [0.3, 0.4) is 0 Å². The molecule has 3 rings (SSSR count). The first-order chi connectivity index (χ1) is 14.4. The van der Waals surface area contributed by atoms with Crippen LogP contribution in [0.2, 0.25) is 5.02 Å². The van der Waals surface area contributed by atoms with Crippen molar-refractivity contribution >= 4 is 23.1 Å². The van der Waals surface area contributed by atoms with Gasteiger partial charge in [0.1, 0.15) is 12.7 Å². The zero-order chi connectivity index (χ0) is 21.7. The average molecular weight is 433 g/mol. The quantitative estimate of drug-likeness (QED) is 0.645. The molecule has 1 N–H and O–H groups in total. The summed E-state index contributed by atoms with van der Waals surface area (Å²) in [7, 11) is 1.53. The number of rotatable bonds is 8. The second kappa shape index (κ2) is 10.2. The fraction of sp³-hybridized carbons (Fsp3) is 0.435. The Morgan fingerprint density at radius 2 is 1.90 bits per heavy atom. The van der Waals surface area contributed by atoms with Crippen LogP contribution >= 0.6 is 11.6 Å². The van der Waals surface area contributed by atoms with Gasteiger partial charge in [0.15, 0.2) is 17.3 Å². The van der Waals surface area contributed by atoms with E-state index >= 15 is 0 Å². The highest BCUT2D eigenvalue weighted by Crippen LogP contribution is 2.29. The number of hydrogen-bond donors (Lipinski definition) is 1. The Morgan fingerprint density at radius 3 is 2.57 bits per heavy atom. The van der Waals surface area contributed by atoms with Crippen LogP contribution in [0.4, 0.5) is 5.69 Å². The lowest BCUT2D eigenvalue weighted by molar-refractivity contribution is 0.0653. The number of benzene rings is 2. The molecule has 1 aliphatic rings. The normalized spacial score (nSPS) is 15.7. The van der Waals surface area contributed by atoms with E-state index in [1.165, 1.54) is 19.7 Å². The molecule has 1 fully saturated rings. The number of aliphatic hydroxyl groups is 1. The monoisotopic (exact) mass is 432 g/mol. The Morgan fingerprint density at radius 1 is 1.17 bits per heavy atom. The minimum absolute atomic E-state index is 0.0352. The molecule has 0 aromatic heterocycles. The van der Waals surface area contributed by atoms with Crippen molar-refractivity contribution < 1.29 is 19.4 Å². The van der Waals surface area contributed by atoms with Crippen LogP contribution in [0.15, 0.2) is 36.4 Å². The molecule has 162 valence electrons. The van der Waals surface area contributed by atoms with E-state index in [1.807, 2.05) is 19.1 Å². The van der Waals surface area contributed by atoms with E-state index in [9.17, 15) is 9.90 Å². The molecule has 6 nitrogen and oxygen atoms in total. The molecule has 2 aromatic rings. The first kappa shape index (κ1) is 22.4. The Bertz CT molecular complexity index is 882. The largest absolute Gasteiger partial charge is 0.493 e. The van der Waals surface area contributed by atoms with E-state index in [2.05, 4.69) is 15.9 Å². The van der Waals surface area contributed by atoms with Gasteiger partial charge in [0.25, 0.3) is 0 Å². The van der Waals surface area contributed by atoms with Gasteiger partial charge in [0, 0.05) is 49.0 Å². The number of Topliss-reactive ketones (excluding diaryl/α,β-unsaturated/α-hetero) is 1. The summed E-state index contributed by atoms with van der Waals surface area (Å²) in [4.78, 5) is 16.1. The lowest BCUT2D eigenvalue weighted by Gasteiger charge is -2.37. The van der Waals surface area contributed by atoms with Crippen LogP contribution in [0.5, 0.6) is 11.5 Å². The summed E-state index contributed by atoms with van der Waals surface area (Å²) < 4.78 is 11.1. The predicted molar refractivity (Wildman–Crippen MR) is 119 cm³/mol. The molecule has 1 aliphatic heterocycles. The van der Waals surface area contributed by atoms with Gasteiger partial charge in [-0.15, -0.1) is 0 Å². The third kappa shape index (κ3) is 5.45. The number of aliphatic hydroxyl groups excluding tert-OH is 1. The van der Waals surface area contributed by atoms with Gasteiger partial charge in [0.05, 0.1) is 7.11 Å². The summed E-state index contributed by atoms with van der Waals surface area (Å²) in [5.74, 6) is 0.968. The number of carbonyl (C=O) groups excluding carboxylic acids is 1. The van der Waals surface area contributed by atoms with Crippen molar-refractivity contribution in [1.29, 1.82) is 0 Å². The number of halogens is 1. The van der Waals surface area contributed by atoms with Gasteiger partial charge in [-0.05, 0) is 49.7 Å². The molecule has 7 heteroatoms. The zero-order valence-electron chi connectivity index (χ0n) is 17.7. The molecule has 1 heterocycles. The van der Waals surface area contributed by atoms with Gasteiger partial charge in [-0.2, -0.15) is 0 Å². The van der Waals surface area contributed by atoms with Gasteiger partial charge in [0.2, 0.25) is 0 Å². The lowest BCUT2D eigenvalue weighted by Crippen LogP contribution is -2.49. The maximum atomic E-state index is 11.5.